The van der Waals surface area contributed by atoms with Crippen molar-refractivity contribution in [3.63, 3.8) is 0 Å². The van der Waals surface area contributed by atoms with Gasteiger partial charge in [-0.05, 0) is 36.6 Å². The zero-order chi connectivity index (χ0) is 10.7. The smallest absolute Gasteiger partial charge is 0.0537 e. The van der Waals surface area contributed by atoms with E-state index in [1.165, 1.54) is 5.56 Å². The predicted molar refractivity (Wildman–Crippen MR) is 62.2 cm³/mol. The van der Waals surface area contributed by atoms with Crippen molar-refractivity contribution in [1.82, 2.24) is 0 Å². The molecule has 2 N–H and O–H groups in total. The lowest BCUT2D eigenvalue weighted by Crippen LogP contribution is -2.31. The Morgan fingerprint density at radius 3 is 3.07 bits per heavy atom. The van der Waals surface area contributed by atoms with E-state index in [9.17, 15) is 0 Å². The first kappa shape index (κ1) is 10.9. The Kier molecular flexibility index (Phi) is 3.62. The Bertz CT molecular complexity index is 329. The molecule has 1 aliphatic rings. The second-order valence-corrected chi connectivity index (χ2v) is 4.46. The van der Waals surface area contributed by atoms with E-state index in [0.717, 1.165) is 31.2 Å². The molecule has 1 heterocycles. The van der Waals surface area contributed by atoms with Crippen LogP contribution >= 0.6 is 11.6 Å². The summed E-state index contributed by atoms with van der Waals surface area (Å²) >= 11 is 5.98. The minimum absolute atomic E-state index is 0.405. The van der Waals surface area contributed by atoms with Crippen molar-refractivity contribution >= 4 is 11.6 Å². The monoisotopic (exact) mass is 225 g/mol. The number of rotatable bonds is 2. The quantitative estimate of drug-likeness (QED) is 0.839. The number of halogens is 1. The van der Waals surface area contributed by atoms with Crippen molar-refractivity contribution < 1.29 is 4.74 Å². The van der Waals surface area contributed by atoms with Crippen LogP contribution in [0.15, 0.2) is 24.3 Å². The van der Waals surface area contributed by atoms with Crippen LogP contribution in [0.4, 0.5) is 0 Å². The first-order valence-corrected chi connectivity index (χ1v) is 5.72. The van der Waals surface area contributed by atoms with Gasteiger partial charge in [0.25, 0.3) is 0 Å². The van der Waals surface area contributed by atoms with Gasteiger partial charge >= 0.3 is 0 Å². The summed E-state index contributed by atoms with van der Waals surface area (Å²) in [6.45, 7) is 2.32. The third-order valence-corrected chi connectivity index (χ3v) is 3.31. The first-order valence-electron chi connectivity index (χ1n) is 5.34. The average Bonchev–Trinajstić information content (AvgIpc) is 2.29. The molecule has 82 valence electrons. The minimum Gasteiger partial charge on any atom is -0.381 e. The van der Waals surface area contributed by atoms with E-state index in [4.69, 9.17) is 22.1 Å². The van der Waals surface area contributed by atoms with Gasteiger partial charge in [0.1, 0.15) is 0 Å². The molecule has 0 amide bonds. The lowest BCUT2D eigenvalue weighted by molar-refractivity contribution is 0.0494. The van der Waals surface area contributed by atoms with E-state index in [-0.39, 0.29) is 0 Å². The molecule has 0 aliphatic carbocycles. The molecule has 2 rings (SSSR count). The standard InChI is InChI=1S/C12H16ClNO/c13-11-3-1-2-9(6-11)12-8-15-5-4-10(12)7-14/h1-3,6,10,12H,4-5,7-8,14H2. The van der Waals surface area contributed by atoms with Crippen LogP contribution in [0.2, 0.25) is 5.02 Å². The highest BCUT2D eigenvalue weighted by molar-refractivity contribution is 6.30. The van der Waals surface area contributed by atoms with E-state index < -0.39 is 0 Å². The van der Waals surface area contributed by atoms with Gasteiger partial charge in [-0.1, -0.05) is 23.7 Å². The first-order chi connectivity index (χ1) is 7.31. The Labute approximate surface area is 95.4 Å². The second-order valence-electron chi connectivity index (χ2n) is 4.02. The fraction of sp³-hybridized carbons (Fsp3) is 0.500. The van der Waals surface area contributed by atoms with Crippen LogP contribution in [0.25, 0.3) is 0 Å². The molecule has 1 saturated heterocycles. The van der Waals surface area contributed by atoms with Crippen LogP contribution in [0.5, 0.6) is 0 Å². The molecule has 3 heteroatoms. The van der Waals surface area contributed by atoms with Gasteiger partial charge < -0.3 is 10.5 Å². The van der Waals surface area contributed by atoms with Crippen molar-refractivity contribution in [3.8, 4) is 0 Å². The highest BCUT2D eigenvalue weighted by atomic mass is 35.5. The van der Waals surface area contributed by atoms with Gasteiger partial charge in [0.2, 0.25) is 0 Å². The molecule has 1 aliphatic heterocycles. The van der Waals surface area contributed by atoms with Crippen LogP contribution in [-0.2, 0) is 4.74 Å². The molecular formula is C12H16ClNO. The van der Waals surface area contributed by atoms with Crippen molar-refractivity contribution in [2.75, 3.05) is 19.8 Å². The van der Waals surface area contributed by atoms with Crippen LogP contribution in [0.1, 0.15) is 17.9 Å². The molecule has 0 bridgehead atoms. The summed E-state index contributed by atoms with van der Waals surface area (Å²) in [7, 11) is 0. The number of hydrogen-bond donors (Lipinski definition) is 1. The lowest BCUT2D eigenvalue weighted by Gasteiger charge is -2.31. The van der Waals surface area contributed by atoms with Gasteiger partial charge in [0, 0.05) is 17.5 Å². The SMILES string of the molecule is NCC1CCOCC1c1cccc(Cl)c1. The van der Waals surface area contributed by atoms with Gasteiger partial charge in [-0.3, -0.25) is 0 Å². The zero-order valence-corrected chi connectivity index (χ0v) is 9.41. The highest BCUT2D eigenvalue weighted by Crippen LogP contribution is 2.31. The zero-order valence-electron chi connectivity index (χ0n) is 8.66. The van der Waals surface area contributed by atoms with Gasteiger partial charge in [-0.25, -0.2) is 0 Å². The maximum absolute atomic E-state index is 5.98. The molecule has 1 fully saturated rings. The van der Waals surface area contributed by atoms with Gasteiger partial charge in [0.05, 0.1) is 6.61 Å². The van der Waals surface area contributed by atoms with Crippen LogP contribution in [0, 0.1) is 5.92 Å². The summed E-state index contributed by atoms with van der Waals surface area (Å²) in [6, 6.07) is 8.00. The molecule has 15 heavy (non-hydrogen) atoms. The summed E-state index contributed by atoms with van der Waals surface area (Å²) < 4.78 is 5.51. The largest absolute Gasteiger partial charge is 0.381 e. The molecule has 1 aromatic carbocycles. The number of ether oxygens (including phenoxy) is 1. The Morgan fingerprint density at radius 1 is 1.47 bits per heavy atom. The molecule has 0 saturated carbocycles. The average molecular weight is 226 g/mol. The molecular weight excluding hydrogens is 210 g/mol. The molecule has 0 spiro atoms. The molecule has 2 unspecified atom stereocenters. The van der Waals surface area contributed by atoms with Gasteiger partial charge in [0.15, 0.2) is 0 Å². The minimum atomic E-state index is 0.405. The topological polar surface area (TPSA) is 35.2 Å². The molecule has 0 radical (unpaired) electrons. The van der Waals surface area contributed by atoms with Crippen LogP contribution < -0.4 is 5.73 Å². The van der Waals surface area contributed by atoms with Gasteiger partial charge in [-0.2, -0.15) is 0 Å². The number of benzene rings is 1. The molecule has 2 nitrogen and oxygen atoms in total. The Hall–Kier alpha value is -0.570. The van der Waals surface area contributed by atoms with E-state index in [1.807, 2.05) is 18.2 Å². The van der Waals surface area contributed by atoms with E-state index in [1.54, 1.807) is 0 Å². The summed E-state index contributed by atoms with van der Waals surface area (Å²) in [6.07, 6.45) is 1.05. The molecule has 1 aromatic rings. The summed E-state index contributed by atoms with van der Waals surface area (Å²) in [5, 5.41) is 0.786. The Morgan fingerprint density at radius 2 is 2.33 bits per heavy atom. The van der Waals surface area contributed by atoms with Crippen molar-refractivity contribution in [2.24, 2.45) is 11.7 Å². The third kappa shape index (κ3) is 2.51. The van der Waals surface area contributed by atoms with Crippen LogP contribution in [-0.4, -0.2) is 19.8 Å². The maximum atomic E-state index is 5.98. The van der Waals surface area contributed by atoms with Crippen LogP contribution in [0.3, 0.4) is 0 Å². The van der Waals surface area contributed by atoms with E-state index >= 15 is 0 Å². The van der Waals surface area contributed by atoms with Gasteiger partial charge in [-0.15, -0.1) is 0 Å². The fourth-order valence-electron chi connectivity index (χ4n) is 2.17. The predicted octanol–water partition coefficient (Wildman–Crippen LogP) is 2.42. The number of nitrogens with two attached hydrogens (primary N) is 1. The van der Waals surface area contributed by atoms with Crippen molar-refractivity contribution in [2.45, 2.75) is 12.3 Å². The molecule has 2 atom stereocenters. The van der Waals surface area contributed by atoms with Crippen molar-refractivity contribution in [3.05, 3.63) is 34.9 Å². The van der Waals surface area contributed by atoms with E-state index in [0.29, 0.717) is 11.8 Å². The maximum Gasteiger partial charge on any atom is 0.0537 e. The molecule has 0 aromatic heterocycles. The second kappa shape index (κ2) is 4.97. The summed E-state index contributed by atoms with van der Waals surface area (Å²) in [4.78, 5) is 0. The number of hydrogen-bond acceptors (Lipinski definition) is 2. The summed E-state index contributed by atoms with van der Waals surface area (Å²) in [5.41, 5.74) is 7.03. The third-order valence-electron chi connectivity index (χ3n) is 3.08. The lowest BCUT2D eigenvalue weighted by atomic mass is 9.83. The normalized spacial score (nSPS) is 26.5. The van der Waals surface area contributed by atoms with Crippen molar-refractivity contribution in [1.29, 1.82) is 0 Å². The Balaban J connectivity index is 2.20. The summed E-state index contributed by atoms with van der Waals surface area (Å²) in [5.74, 6) is 0.930. The fourth-order valence-corrected chi connectivity index (χ4v) is 2.37. The van der Waals surface area contributed by atoms with E-state index in [2.05, 4.69) is 6.07 Å². The highest BCUT2D eigenvalue weighted by Gasteiger charge is 2.25.